The van der Waals surface area contributed by atoms with Gasteiger partial charge in [-0.05, 0) is 44.4 Å². The van der Waals surface area contributed by atoms with Crippen molar-refractivity contribution in [3.63, 3.8) is 0 Å². The Hall–Kier alpha value is -2.67. The molecule has 1 fully saturated rings. The van der Waals surface area contributed by atoms with Gasteiger partial charge in [0.25, 0.3) is 0 Å². The molecule has 1 aromatic carbocycles. The van der Waals surface area contributed by atoms with Crippen LogP contribution in [0, 0.1) is 6.92 Å². The number of benzene rings is 1. The van der Waals surface area contributed by atoms with Crippen molar-refractivity contribution in [1.82, 2.24) is 9.97 Å². The maximum Gasteiger partial charge on any atom is 0.347 e. The smallest absolute Gasteiger partial charge is 0.347 e. The number of hydrogen-bond donors (Lipinski definition) is 1. The highest BCUT2D eigenvalue weighted by molar-refractivity contribution is 7.17. The molecule has 3 aromatic rings. The maximum absolute atomic E-state index is 11.3. The Morgan fingerprint density at radius 2 is 2.24 bits per heavy atom. The lowest BCUT2D eigenvalue weighted by Crippen LogP contribution is -2.24. The molecule has 0 spiro atoms. The Bertz CT molecular complexity index is 913. The van der Waals surface area contributed by atoms with E-state index in [1.54, 1.807) is 13.1 Å². The summed E-state index contributed by atoms with van der Waals surface area (Å²) in [5, 5.41) is 9.89. The topological polar surface area (TPSA) is 85.5 Å². The molecule has 6 nitrogen and oxygen atoms in total. The third-order valence-electron chi connectivity index (χ3n) is 4.26. The number of aromatic carboxylic acids is 1. The monoisotopic (exact) mass is 356 g/mol. The number of hydrogen-bond acceptors (Lipinski definition) is 6. The van der Waals surface area contributed by atoms with Crippen LogP contribution >= 0.6 is 11.3 Å². The van der Waals surface area contributed by atoms with Gasteiger partial charge in [0.15, 0.2) is 12.2 Å². The van der Waals surface area contributed by atoms with E-state index in [0.717, 1.165) is 41.1 Å². The fraction of sp³-hybridized carbons (Fsp3) is 0.278. The molecular weight excluding hydrogens is 340 g/mol. The standard InChI is InChI=1S/C18H16N2O4S/c1-10-16(18(21)22)25-17(20-10)11-5-6-14(24-12-3-2-4-12)13(7-11)15-8-19-9-23-15/h5-9,12H,2-4H2,1H3,(H,21,22). The van der Waals surface area contributed by atoms with Gasteiger partial charge in [-0.15, -0.1) is 11.3 Å². The molecule has 0 amide bonds. The Balaban J connectivity index is 1.75. The number of carboxylic acids is 1. The van der Waals surface area contributed by atoms with Crippen LogP contribution in [0.3, 0.4) is 0 Å². The van der Waals surface area contributed by atoms with Crippen LogP contribution in [0.5, 0.6) is 5.75 Å². The van der Waals surface area contributed by atoms with Gasteiger partial charge < -0.3 is 14.3 Å². The lowest BCUT2D eigenvalue weighted by Gasteiger charge is -2.27. The number of aromatic nitrogens is 2. The molecule has 0 aliphatic heterocycles. The van der Waals surface area contributed by atoms with Crippen LogP contribution in [0.4, 0.5) is 0 Å². The minimum Gasteiger partial charge on any atom is -0.490 e. The van der Waals surface area contributed by atoms with Crippen LogP contribution in [0.15, 0.2) is 35.2 Å². The van der Waals surface area contributed by atoms with E-state index in [9.17, 15) is 9.90 Å². The Morgan fingerprint density at radius 1 is 1.40 bits per heavy atom. The fourth-order valence-corrected chi connectivity index (χ4v) is 3.60. The quantitative estimate of drug-likeness (QED) is 0.729. The second-order valence-electron chi connectivity index (χ2n) is 5.99. The van der Waals surface area contributed by atoms with Gasteiger partial charge >= 0.3 is 5.97 Å². The van der Waals surface area contributed by atoms with Gasteiger partial charge in [0, 0.05) is 5.56 Å². The fourth-order valence-electron chi connectivity index (χ4n) is 2.69. The SMILES string of the molecule is Cc1nc(-c2ccc(OC3CCC3)c(-c3cnco3)c2)sc1C(=O)O. The molecule has 7 heteroatoms. The number of nitrogens with zero attached hydrogens (tertiary/aromatic N) is 2. The minimum atomic E-state index is -0.957. The van der Waals surface area contributed by atoms with Gasteiger partial charge in [-0.25, -0.2) is 14.8 Å². The molecule has 4 rings (SSSR count). The van der Waals surface area contributed by atoms with E-state index in [1.165, 1.54) is 12.8 Å². The van der Waals surface area contributed by atoms with Crippen LogP contribution in [0.25, 0.3) is 21.9 Å². The average molecular weight is 356 g/mol. The number of oxazole rings is 1. The summed E-state index contributed by atoms with van der Waals surface area (Å²) < 4.78 is 11.5. The van der Waals surface area contributed by atoms with Crippen LogP contribution in [0.1, 0.15) is 34.6 Å². The van der Waals surface area contributed by atoms with Crippen LogP contribution < -0.4 is 4.74 Å². The van der Waals surface area contributed by atoms with Gasteiger partial charge in [0.1, 0.15) is 15.6 Å². The first-order valence-electron chi connectivity index (χ1n) is 8.02. The third-order valence-corrected chi connectivity index (χ3v) is 5.46. The highest BCUT2D eigenvalue weighted by atomic mass is 32.1. The molecule has 0 unspecified atom stereocenters. The molecule has 0 bridgehead atoms. The number of carboxylic acid groups (broad SMARTS) is 1. The summed E-state index contributed by atoms with van der Waals surface area (Å²) in [5.74, 6) is 0.404. The summed E-state index contributed by atoms with van der Waals surface area (Å²) in [6.45, 7) is 1.70. The summed E-state index contributed by atoms with van der Waals surface area (Å²) >= 11 is 1.16. The van der Waals surface area contributed by atoms with E-state index in [-0.39, 0.29) is 11.0 Å². The molecular formula is C18H16N2O4S. The largest absolute Gasteiger partial charge is 0.490 e. The number of ether oxygens (including phenoxy) is 1. The molecule has 0 radical (unpaired) electrons. The van der Waals surface area contributed by atoms with E-state index < -0.39 is 5.97 Å². The van der Waals surface area contributed by atoms with Crippen LogP contribution in [0.2, 0.25) is 0 Å². The van der Waals surface area contributed by atoms with Crippen molar-refractivity contribution >= 4 is 17.3 Å². The second kappa shape index (κ2) is 6.33. The molecule has 128 valence electrons. The van der Waals surface area contributed by atoms with Crippen molar-refractivity contribution in [2.75, 3.05) is 0 Å². The Kier molecular flexibility index (Phi) is 4.01. The molecule has 1 aliphatic rings. The summed E-state index contributed by atoms with van der Waals surface area (Å²) in [6.07, 6.45) is 6.58. The molecule has 2 heterocycles. The van der Waals surface area contributed by atoms with Gasteiger partial charge in [0.05, 0.1) is 23.6 Å². The normalized spacial score (nSPS) is 14.3. The highest BCUT2D eigenvalue weighted by Gasteiger charge is 2.22. The van der Waals surface area contributed by atoms with Crippen molar-refractivity contribution in [2.45, 2.75) is 32.3 Å². The molecule has 0 atom stereocenters. The van der Waals surface area contributed by atoms with E-state index in [4.69, 9.17) is 9.15 Å². The molecule has 1 N–H and O–H groups in total. The summed E-state index contributed by atoms with van der Waals surface area (Å²) in [4.78, 5) is 19.9. The number of thiazole rings is 1. The third kappa shape index (κ3) is 3.02. The average Bonchev–Trinajstić information content (AvgIpc) is 3.20. The van der Waals surface area contributed by atoms with Crippen molar-refractivity contribution < 1.29 is 19.1 Å². The van der Waals surface area contributed by atoms with E-state index in [1.807, 2.05) is 18.2 Å². The predicted molar refractivity (Wildman–Crippen MR) is 93.0 cm³/mol. The van der Waals surface area contributed by atoms with Gasteiger partial charge in [-0.1, -0.05) is 0 Å². The Labute approximate surface area is 148 Å². The minimum absolute atomic E-state index is 0.244. The molecule has 1 saturated carbocycles. The Morgan fingerprint density at radius 3 is 2.84 bits per heavy atom. The van der Waals surface area contributed by atoms with Crippen LogP contribution in [-0.4, -0.2) is 27.1 Å². The summed E-state index contributed by atoms with van der Waals surface area (Å²) in [6, 6.07) is 5.71. The molecule has 25 heavy (non-hydrogen) atoms. The first kappa shape index (κ1) is 15.8. The zero-order valence-corrected chi connectivity index (χ0v) is 14.4. The lowest BCUT2D eigenvalue weighted by atomic mass is 9.96. The lowest BCUT2D eigenvalue weighted by molar-refractivity contribution is 0.0701. The van der Waals surface area contributed by atoms with Gasteiger partial charge in [-0.3, -0.25) is 0 Å². The predicted octanol–water partition coefficient (Wildman–Crippen LogP) is 4.40. The maximum atomic E-state index is 11.3. The highest BCUT2D eigenvalue weighted by Crippen LogP contribution is 2.38. The molecule has 2 aromatic heterocycles. The van der Waals surface area contributed by atoms with Crippen molar-refractivity contribution in [2.24, 2.45) is 0 Å². The molecule has 1 aliphatic carbocycles. The summed E-state index contributed by atoms with van der Waals surface area (Å²) in [7, 11) is 0. The second-order valence-corrected chi connectivity index (χ2v) is 6.99. The van der Waals surface area contributed by atoms with Crippen LogP contribution in [-0.2, 0) is 0 Å². The summed E-state index contributed by atoms with van der Waals surface area (Å²) in [5.41, 5.74) is 2.14. The zero-order chi connectivity index (χ0) is 17.4. The van der Waals surface area contributed by atoms with E-state index >= 15 is 0 Å². The van der Waals surface area contributed by atoms with Crippen molar-refractivity contribution in [1.29, 1.82) is 0 Å². The number of carbonyl (C=O) groups is 1. The van der Waals surface area contributed by atoms with E-state index in [0.29, 0.717) is 16.5 Å². The number of rotatable bonds is 5. The van der Waals surface area contributed by atoms with Crippen molar-refractivity contribution in [3.05, 3.63) is 41.4 Å². The van der Waals surface area contributed by atoms with E-state index in [2.05, 4.69) is 9.97 Å². The number of aryl methyl sites for hydroxylation is 1. The first-order chi connectivity index (χ1) is 12.1. The molecule has 0 saturated heterocycles. The first-order valence-corrected chi connectivity index (χ1v) is 8.84. The van der Waals surface area contributed by atoms with Gasteiger partial charge in [-0.2, -0.15) is 0 Å². The van der Waals surface area contributed by atoms with Gasteiger partial charge in [0.2, 0.25) is 0 Å². The van der Waals surface area contributed by atoms with Crippen molar-refractivity contribution in [3.8, 4) is 27.6 Å². The zero-order valence-electron chi connectivity index (χ0n) is 13.6.